The van der Waals surface area contributed by atoms with Crippen molar-refractivity contribution < 1.29 is 14.3 Å². The summed E-state index contributed by atoms with van der Waals surface area (Å²) in [5.74, 6) is 0.969. The van der Waals surface area contributed by atoms with Gasteiger partial charge in [-0.15, -0.1) is 0 Å². The van der Waals surface area contributed by atoms with E-state index < -0.39 is 0 Å². The van der Waals surface area contributed by atoms with Crippen molar-refractivity contribution >= 4 is 28.9 Å². The first-order valence-electron chi connectivity index (χ1n) is 9.26. The number of carbonyl (C=O) groups excluding carboxylic acids is 1. The summed E-state index contributed by atoms with van der Waals surface area (Å²) in [5, 5.41) is 5.90. The molecule has 0 fully saturated rings. The van der Waals surface area contributed by atoms with Crippen molar-refractivity contribution in [1.82, 2.24) is 5.32 Å². The average Bonchev–Trinajstić information content (AvgIpc) is 2.74. The number of hydrogen-bond acceptors (Lipinski definition) is 4. The van der Waals surface area contributed by atoms with E-state index in [1.807, 2.05) is 61.5 Å². The van der Waals surface area contributed by atoms with Crippen LogP contribution in [0.3, 0.4) is 0 Å². The molecule has 0 atom stereocenters. The van der Waals surface area contributed by atoms with Gasteiger partial charge in [0.05, 0.1) is 12.3 Å². The van der Waals surface area contributed by atoms with E-state index in [9.17, 15) is 4.79 Å². The van der Waals surface area contributed by atoms with Gasteiger partial charge in [-0.3, -0.25) is 10.1 Å². The Morgan fingerprint density at radius 3 is 2.48 bits per heavy atom. The number of benzene rings is 3. The van der Waals surface area contributed by atoms with Crippen LogP contribution in [0.15, 0.2) is 78.9 Å². The van der Waals surface area contributed by atoms with E-state index in [0.29, 0.717) is 36.0 Å². The fraction of sp³-hybridized carbons (Fsp3) is 0.130. The maximum atomic E-state index is 12.5. The van der Waals surface area contributed by atoms with Gasteiger partial charge < -0.3 is 14.8 Å². The van der Waals surface area contributed by atoms with Gasteiger partial charge in [-0.1, -0.05) is 48.5 Å². The molecule has 0 heterocycles. The highest BCUT2D eigenvalue weighted by atomic mass is 32.1. The molecule has 5 nitrogen and oxygen atoms in total. The minimum absolute atomic E-state index is 0.188. The van der Waals surface area contributed by atoms with E-state index in [0.717, 1.165) is 5.56 Å². The molecule has 6 heteroatoms. The van der Waals surface area contributed by atoms with E-state index in [2.05, 4.69) is 10.6 Å². The Hall–Kier alpha value is -3.38. The zero-order valence-electron chi connectivity index (χ0n) is 16.1. The summed E-state index contributed by atoms with van der Waals surface area (Å²) < 4.78 is 11.3. The number of para-hydroxylation sites is 2. The number of anilines is 1. The summed E-state index contributed by atoms with van der Waals surface area (Å²) in [5.41, 5.74) is 2.21. The van der Waals surface area contributed by atoms with Crippen LogP contribution in [-0.4, -0.2) is 17.6 Å². The number of nitrogens with one attached hydrogen (secondary N) is 2. The van der Waals surface area contributed by atoms with Crippen molar-refractivity contribution in [3.8, 4) is 11.5 Å². The second kappa shape index (κ2) is 10.2. The molecule has 0 saturated carbocycles. The third kappa shape index (κ3) is 6.05. The number of amides is 1. The molecule has 0 aliphatic rings. The predicted molar refractivity (Wildman–Crippen MR) is 119 cm³/mol. The lowest BCUT2D eigenvalue weighted by atomic mass is 10.2. The maximum Gasteiger partial charge on any atom is 0.257 e. The van der Waals surface area contributed by atoms with Gasteiger partial charge in [-0.2, -0.15) is 0 Å². The molecule has 0 aromatic heterocycles. The number of rotatable bonds is 7. The van der Waals surface area contributed by atoms with Gasteiger partial charge in [-0.05, 0) is 55.0 Å². The van der Waals surface area contributed by atoms with Crippen LogP contribution in [-0.2, 0) is 6.61 Å². The second-order valence-electron chi connectivity index (χ2n) is 6.14. The Kier molecular flexibility index (Phi) is 7.19. The van der Waals surface area contributed by atoms with Crippen molar-refractivity contribution in [3.05, 3.63) is 90.0 Å². The van der Waals surface area contributed by atoms with E-state index in [-0.39, 0.29) is 11.0 Å². The maximum absolute atomic E-state index is 12.5. The molecule has 148 valence electrons. The van der Waals surface area contributed by atoms with Crippen molar-refractivity contribution in [2.24, 2.45) is 0 Å². The zero-order chi connectivity index (χ0) is 20.5. The number of hydrogen-bond donors (Lipinski definition) is 2. The van der Waals surface area contributed by atoms with Crippen molar-refractivity contribution in [2.45, 2.75) is 13.5 Å². The van der Waals surface area contributed by atoms with Crippen molar-refractivity contribution in [3.63, 3.8) is 0 Å². The smallest absolute Gasteiger partial charge is 0.257 e. The van der Waals surface area contributed by atoms with Gasteiger partial charge in [0.15, 0.2) is 5.11 Å². The van der Waals surface area contributed by atoms with Crippen LogP contribution in [0.4, 0.5) is 5.69 Å². The van der Waals surface area contributed by atoms with Crippen LogP contribution >= 0.6 is 12.2 Å². The Balaban J connectivity index is 1.62. The summed E-state index contributed by atoms with van der Waals surface area (Å²) in [7, 11) is 0. The minimum Gasteiger partial charge on any atom is -0.494 e. The molecule has 3 aromatic carbocycles. The summed E-state index contributed by atoms with van der Waals surface area (Å²) in [6, 6.07) is 24.3. The number of ether oxygens (including phenoxy) is 2. The normalized spacial score (nSPS) is 10.1. The van der Waals surface area contributed by atoms with Gasteiger partial charge in [0.2, 0.25) is 0 Å². The highest BCUT2D eigenvalue weighted by Gasteiger charge is 2.11. The fourth-order valence-electron chi connectivity index (χ4n) is 2.65. The molecule has 0 radical (unpaired) electrons. The van der Waals surface area contributed by atoms with Crippen LogP contribution in [0.2, 0.25) is 0 Å². The summed E-state index contributed by atoms with van der Waals surface area (Å²) in [6.45, 7) is 2.86. The monoisotopic (exact) mass is 406 g/mol. The molecule has 0 spiro atoms. The Labute approximate surface area is 175 Å². The molecular formula is C23H22N2O3S. The molecule has 0 aliphatic carbocycles. The fourth-order valence-corrected chi connectivity index (χ4v) is 2.86. The van der Waals surface area contributed by atoms with E-state index in [1.54, 1.807) is 24.3 Å². The topological polar surface area (TPSA) is 59.6 Å². The third-order valence-corrected chi connectivity index (χ3v) is 4.21. The predicted octanol–water partition coefficient (Wildman–Crippen LogP) is 4.79. The van der Waals surface area contributed by atoms with Gasteiger partial charge in [0, 0.05) is 5.56 Å². The molecule has 1 amide bonds. The molecule has 29 heavy (non-hydrogen) atoms. The molecule has 0 saturated heterocycles. The number of carbonyl (C=O) groups is 1. The number of thiocarbonyl (C=S) groups is 1. The standard InChI is InChI=1S/C23H22N2O3S/c1-2-27-19-12-8-11-18(15-19)22(26)25-23(29)24-20-13-6-7-14-21(20)28-16-17-9-4-3-5-10-17/h3-15H,2,16H2,1H3,(H2,24,25,26,29). The van der Waals surface area contributed by atoms with E-state index >= 15 is 0 Å². The van der Waals surface area contributed by atoms with Crippen LogP contribution in [0.5, 0.6) is 11.5 Å². The molecule has 3 aromatic rings. The van der Waals surface area contributed by atoms with Gasteiger partial charge in [0.25, 0.3) is 5.91 Å². The lowest BCUT2D eigenvalue weighted by molar-refractivity contribution is 0.0977. The summed E-state index contributed by atoms with van der Waals surface area (Å²) in [4.78, 5) is 12.5. The third-order valence-electron chi connectivity index (χ3n) is 4.01. The lowest BCUT2D eigenvalue weighted by Crippen LogP contribution is -2.34. The summed E-state index contributed by atoms with van der Waals surface area (Å²) >= 11 is 5.30. The first-order valence-corrected chi connectivity index (χ1v) is 9.67. The zero-order valence-corrected chi connectivity index (χ0v) is 16.9. The van der Waals surface area contributed by atoms with Crippen LogP contribution in [0, 0.1) is 0 Å². The molecule has 0 unspecified atom stereocenters. The van der Waals surface area contributed by atoms with E-state index in [4.69, 9.17) is 21.7 Å². The van der Waals surface area contributed by atoms with Gasteiger partial charge >= 0.3 is 0 Å². The Morgan fingerprint density at radius 2 is 1.69 bits per heavy atom. The molecular weight excluding hydrogens is 384 g/mol. The molecule has 2 N–H and O–H groups in total. The Bertz CT molecular complexity index is 977. The molecule has 3 rings (SSSR count). The van der Waals surface area contributed by atoms with Crippen molar-refractivity contribution in [2.75, 3.05) is 11.9 Å². The van der Waals surface area contributed by atoms with E-state index in [1.165, 1.54) is 0 Å². The first-order chi connectivity index (χ1) is 14.2. The lowest BCUT2D eigenvalue weighted by Gasteiger charge is -2.14. The molecule has 0 aliphatic heterocycles. The largest absolute Gasteiger partial charge is 0.494 e. The second-order valence-corrected chi connectivity index (χ2v) is 6.55. The summed E-state index contributed by atoms with van der Waals surface area (Å²) in [6.07, 6.45) is 0. The van der Waals surface area contributed by atoms with Crippen LogP contribution in [0.1, 0.15) is 22.8 Å². The van der Waals surface area contributed by atoms with Gasteiger partial charge in [-0.25, -0.2) is 0 Å². The molecule has 0 bridgehead atoms. The average molecular weight is 407 g/mol. The Morgan fingerprint density at radius 1 is 0.931 bits per heavy atom. The highest BCUT2D eigenvalue weighted by molar-refractivity contribution is 7.80. The van der Waals surface area contributed by atoms with Crippen LogP contribution < -0.4 is 20.1 Å². The van der Waals surface area contributed by atoms with Crippen molar-refractivity contribution in [1.29, 1.82) is 0 Å². The SMILES string of the molecule is CCOc1cccc(C(=O)NC(=S)Nc2ccccc2OCc2ccccc2)c1. The van der Waals surface area contributed by atoms with Gasteiger partial charge in [0.1, 0.15) is 18.1 Å². The van der Waals surface area contributed by atoms with Crippen LogP contribution in [0.25, 0.3) is 0 Å². The minimum atomic E-state index is -0.313. The quantitative estimate of drug-likeness (QED) is 0.553. The highest BCUT2D eigenvalue weighted by Crippen LogP contribution is 2.24. The first kappa shape index (κ1) is 20.4.